The zero-order chi connectivity index (χ0) is 12.4. The molecule has 0 radical (unpaired) electrons. The lowest BCUT2D eigenvalue weighted by atomic mass is 10.1. The van der Waals surface area contributed by atoms with Gasteiger partial charge in [-0.2, -0.15) is 16.4 Å². The highest BCUT2D eigenvalue weighted by molar-refractivity contribution is 7.07. The fourth-order valence-electron chi connectivity index (χ4n) is 1.88. The van der Waals surface area contributed by atoms with Crippen molar-refractivity contribution < 1.29 is 4.79 Å². The Balaban J connectivity index is 1.80. The highest BCUT2D eigenvalue weighted by atomic mass is 32.1. The SMILES string of the molecule is O=C(CCc1ccsc1)c1cnn2ccncc12. The van der Waals surface area contributed by atoms with E-state index in [4.69, 9.17) is 0 Å². The molecular formula is C13H11N3OS. The molecule has 3 aromatic rings. The van der Waals surface area contributed by atoms with Crippen LogP contribution in [0.1, 0.15) is 22.3 Å². The van der Waals surface area contributed by atoms with E-state index in [1.807, 2.05) is 5.38 Å². The van der Waals surface area contributed by atoms with Gasteiger partial charge < -0.3 is 0 Å². The molecule has 0 spiro atoms. The zero-order valence-corrected chi connectivity index (χ0v) is 10.4. The summed E-state index contributed by atoms with van der Waals surface area (Å²) in [6, 6.07) is 2.05. The molecule has 4 nitrogen and oxygen atoms in total. The third-order valence-electron chi connectivity index (χ3n) is 2.85. The molecule has 0 aliphatic heterocycles. The third kappa shape index (κ3) is 2.04. The number of aryl methyl sites for hydroxylation is 1. The van der Waals surface area contributed by atoms with Crippen LogP contribution in [-0.4, -0.2) is 20.4 Å². The third-order valence-corrected chi connectivity index (χ3v) is 3.58. The van der Waals surface area contributed by atoms with Crippen LogP contribution in [0, 0.1) is 0 Å². The van der Waals surface area contributed by atoms with E-state index in [0.717, 1.165) is 11.9 Å². The first-order valence-electron chi connectivity index (χ1n) is 5.66. The van der Waals surface area contributed by atoms with Gasteiger partial charge in [0, 0.05) is 18.8 Å². The Kier molecular flexibility index (Phi) is 2.90. The number of aromatic nitrogens is 3. The summed E-state index contributed by atoms with van der Waals surface area (Å²) < 4.78 is 1.67. The molecule has 0 amide bonds. The molecule has 5 heteroatoms. The number of Topliss-reactive ketones (excluding diaryl/α,β-unsaturated/α-hetero) is 1. The number of fused-ring (bicyclic) bond motifs is 1. The monoisotopic (exact) mass is 257 g/mol. The maximum atomic E-state index is 12.1. The Morgan fingerprint density at radius 2 is 2.33 bits per heavy atom. The quantitative estimate of drug-likeness (QED) is 0.675. The Hall–Kier alpha value is -2.01. The van der Waals surface area contributed by atoms with Crippen molar-refractivity contribution >= 4 is 22.6 Å². The van der Waals surface area contributed by atoms with E-state index in [-0.39, 0.29) is 5.78 Å². The minimum Gasteiger partial charge on any atom is -0.294 e. The molecule has 0 bridgehead atoms. The molecule has 0 aromatic carbocycles. The van der Waals surface area contributed by atoms with Gasteiger partial charge in [-0.1, -0.05) is 0 Å². The molecule has 18 heavy (non-hydrogen) atoms. The molecule has 0 atom stereocenters. The number of ketones is 1. The Morgan fingerprint density at radius 1 is 1.39 bits per heavy atom. The molecule has 0 fully saturated rings. The first-order valence-corrected chi connectivity index (χ1v) is 6.60. The molecule has 3 aromatic heterocycles. The van der Waals surface area contributed by atoms with Gasteiger partial charge >= 0.3 is 0 Å². The van der Waals surface area contributed by atoms with Crippen LogP contribution in [-0.2, 0) is 6.42 Å². The Labute approximate surface area is 108 Å². The van der Waals surface area contributed by atoms with Crippen molar-refractivity contribution in [1.82, 2.24) is 14.6 Å². The van der Waals surface area contributed by atoms with Gasteiger partial charge in [0.25, 0.3) is 0 Å². The fourth-order valence-corrected chi connectivity index (χ4v) is 2.58. The van der Waals surface area contributed by atoms with Crippen LogP contribution < -0.4 is 0 Å². The summed E-state index contributed by atoms with van der Waals surface area (Å²) in [5, 5.41) is 8.24. The van der Waals surface area contributed by atoms with E-state index < -0.39 is 0 Å². The van der Waals surface area contributed by atoms with Gasteiger partial charge in [0.1, 0.15) is 0 Å². The standard InChI is InChI=1S/C13H11N3OS/c17-13(2-1-10-3-6-18-9-10)11-7-15-16-5-4-14-8-12(11)16/h3-9H,1-2H2. The van der Waals surface area contributed by atoms with Crippen molar-refractivity contribution in [2.45, 2.75) is 12.8 Å². The molecular weight excluding hydrogens is 246 g/mol. The van der Waals surface area contributed by atoms with Gasteiger partial charge in [-0.25, -0.2) is 4.52 Å². The molecule has 0 aliphatic carbocycles. The lowest BCUT2D eigenvalue weighted by Crippen LogP contribution is -2.00. The predicted molar refractivity (Wildman–Crippen MR) is 70.0 cm³/mol. The fraction of sp³-hybridized carbons (Fsp3) is 0.154. The first-order chi connectivity index (χ1) is 8.84. The first kappa shape index (κ1) is 11.1. The van der Waals surface area contributed by atoms with Gasteiger partial charge in [-0.3, -0.25) is 9.78 Å². The second kappa shape index (κ2) is 4.70. The van der Waals surface area contributed by atoms with Crippen LogP contribution in [0.3, 0.4) is 0 Å². The summed E-state index contributed by atoms with van der Waals surface area (Å²) in [6.07, 6.45) is 7.97. The molecule has 0 aliphatic rings. The van der Waals surface area contributed by atoms with Crippen LogP contribution >= 0.6 is 11.3 Å². The topological polar surface area (TPSA) is 47.3 Å². The highest BCUT2D eigenvalue weighted by Gasteiger charge is 2.12. The molecule has 90 valence electrons. The summed E-state index contributed by atoms with van der Waals surface area (Å²) in [7, 11) is 0. The summed E-state index contributed by atoms with van der Waals surface area (Å²) >= 11 is 1.65. The van der Waals surface area contributed by atoms with E-state index in [2.05, 4.69) is 21.5 Å². The number of carbonyl (C=O) groups excluding carboxylic acids is 1. The molecule has 0 saturated carbocycles. The average molecular weight is 257 g/mol. The van der Waals surface area contributed by atoms with Crippen LogP contribution in [0.2, 0.25) is 0 Å². The lowest BCUT2D eigenvalue weighted by molar-refractivity contribution is 0.0984. The summed E-state index contributed by atoms with van der Waals surface area (Å²) in [6.45, 7) is 0. The van der Waals surface area contributed by atoms with Crippen LogP contribution in [0.4, 0.5) is 0 Å². The van der Waals surface area contributed by atoms with Crippen molar-refractivity contribution in [1.29, 1.82) is 0 Å². The summed E-state index contributed by atoms with van der Waals surface area (Å²) in [5.41, 5.74) is 2.63. The maximum Gasteiger partial charge on any atom is 0.167 e. The molecule has 0 unspecified atom stereocenters. The molecule has 3 heterocycles. The van der Waals surface area contributed by atoms with Gasteiger partial charge in [-0.05, 0) is 28.8 Å². The number of nitrogens with zero attached hydrogens (tertiary/aromatic N) is 3. The number of thiophene rings is 1. The number of rotatable bonds is 4. The van der Waals surface area contributed by atoms with Crippen molar-refractivity contribution in [3.05, 3.63) is 52.7 Å². The predicted octanol–water partition coefficient (Wildman–Crippen LogP) is 2.61. The zero-order valence-electron chi connectivity index (χ0n) is 9.61. The minimum atomic E-state index is 0.115. The smallest absolute Gasteiger partial charge is 0.167 e. The molecule has 0 N–H and O–H groups in total. The van der Waals surface area contributed by atoms with Gasteiger partial charge in [0.2, 0.25) is 0 Å². The van der Waals surface area contributed by atoms with E-state index in [0.29, 0.717) is 12.0 Å². The molecule has 0 saturated heterocycles. The van der Waals surface area contributed by atoms with Crippen LogP contribution in [0.15, 0.2) is 41.6 Å². The summed E-state index contributed by atoms with van der Waals surface area (Å²) in [4.78, 5) is 16.2. The second-order valence-electron chi connectivity index (χ2n) is 4.02. The van der Waals surface area contributed by atoms with Crippen molar-refractivity contribution in [2.24, 2.45) is 0 Å². The van der Waals surface area contributed by atoms with Crippen molar-refractivity contribution in [2.75, 3.05) is 0 Å². The van der Waals surface area contributed by atoms with Crippen molar-refractivity contribution in [3.8, 4) is 0 Å². The van der Waals surface area contributed by atoms with Crippen LogP contribution in [0.25, 0.3) is 5.52 Å². The summed E-state index contributed by atoms with van der Waals surface area (Å²) in [5.74, 6) is 0.115. The minimum absolute atomic E-state index is 0.115. The Morgan fingerprint density at radius 3 is 3.17 bits per heavy atom. The maximum absolute atomic E-state index is 12.1. The van der Waals surface area contributed by atoms with E-state index >= 15 is 0 Å². The van der Waals surface area contributed by atoms with Gasteiger partial charge in [0.05, 0.1) is 23.5 Å². The van der Waals surface area contributed by atoms with E-state index in [1.165, 1.54) is 5.56 Å². The second-order valence-corrected chi connectivity index (χ2v) is 4.80. The normalized spacial score (nSPS) is 10.9. The van der Waals surface area contributed by atoms with E-state index in [9.17, 15) is 4.79 Å². The van der Waals surface area contributed by atoms with Crippen molar-refractivity contribution in [3.63, 3.8) is 0 Å². The molecule has 3 rings (SSSR count). The average Bonchev–Trinajstić information content (AvgIpc) is 3.05. The van der Waals surface area contributed by atoms with Gasteiger partial charge in [-0.15, -0.1) is 0 Å². The highest BCUT2D eigenvalue weighted by Crippen LogP contribution is 2.14. The van der Waals surface area contributed by atoms with Crippen LogP contribution in [0.5, 0.6) is 0 Å². The van der Waals surface area contributed by atoms with E-state index in [1.54, 1.807) is 40.6 Å². The Bertz CT molecular complexity index is 672. The lowest BCUT2D eigenvalue weighted by Gasteiger charge is -1.98. The number of hydrogen-bond acceptors (Lipinski definition) is 4. The van der Waals surface area contributed by atoms with Gasteiger partial charge in [0.15, 0.2) is 5.78 Å². The number of hydrogen-bond donors (Lipinski definition) is 0. The number of carbonyl (C=O) groups is 1. The largest absolute Gasteiger partial charge is 0.294 e.